The highest BCUT2D eigenvalue weighted by atomic mass is 35.5. The van der Waals surface area contributed by atoms with E-state index in [0.29, 0.717) is 23.5 Å². The largest absolute Gasteiger partial charge is 0.495 e. The van der Waals surface area contributed by atoms with E-state index >= 15 is 0 Å². The first-order valence-corrected chi connectivity index (χ1v) is 4.83. The van der Waals surface area contributed by atoms with Gasteiger partial charge in [0.1, 0.15) is 11.8 Å². The molecular weight excluding hydrogens is 212 g/mol. The molecule has 0 fully saturated rings. The van der Waals surface area contributed by atoms with E-state index in [1.165, 1.54) is 5.54 Å². The SMILES string of the molecule is COc1cccc(C#N)c1NC/C=C/Cl. The quantitative estimate of drug-likeness (QED) is 0.852. The topological polar surface area (TPSA) is 45.0 Å². The number of anilines is 1. The van der Waals surface area contributed by atoms with Gasteiger partial charge in [0.15, 0.2) is 0 Å². The van der Waals surface area contributed by atoms with Gasteiger partial charge in [-0.3, -0.25) is 0 Å². The molecular formula is C11H11ClN2O. The Balaban J connectivity index is 2.96. The van der Waals surface area contributed by atoms with Crippen LogP contribution in [0.5, 0.6) is 5.75 Å². The lowest BCUT2D eigenvalue weighted by molar-refractivity contribution is 0.416. The Labute approximate surface area is 93.9 Å². The Morgan fingerprint density at radius 2 is 2.40 bits per heavy atom. The molecule has 0 saturated heterocycles. The fourth-order valence-corrected chi connectivity index (χ4v) is 1.27. The number of nitrogens with one attached hydrogen (secondary N) is 1. The second-order valence-corrected chi connectivity index (χ2v) is 2.99. The Morgan fingerprint density at radius 1 is 1.60 bits per heavy atom. The first kappa shape index (κ1) is 11.4. The van der Waals surface area contributed by atoms with E-state index in [1.54, 1.807) is 31.4 Å². The van der Waals surface area contributed by atoms with Gasteiger partial charge >= 0.3 is 0 Å². The highest BCUT2D eigenvalue weighted by Crippen LogP contribution is 2.27. The van der Waals surface area contributed by atoms with Gasteiger partial charge < -0.3 is 10.1 Å². The number of ether oxygens (including phenoxy) is 1. The molecule has 1 rings (SSSR count). The van der Waals surface area contributed by atoms with Gasteiger partial charge in [-0.25, -0.2) is 0 Å². The summed E-state index contributed by atoms with van der Waals surface area (Å²) in [7, 11) is 1.57. The van der Waals surface area contributed by atoms with Crippen molar-refractivity contribution in [2.24, 2.45) is 0 Å². The van der Waals surface area contributed by atoms with E-state index in [9.17, 15) is 0 Å². The average Bonchev–Trinajstić information content (AvgIpc) is 2.29. The highest BCUT2D eigenvalue weighted by Gasteiger charge is 2.06. The average molecular weight is 223 g/mol. The van der Waals surface area contributed by atoms with Crippen LogP contribution in [0.4, 0.5) is 5.69 Å². The number of methoxy groups -OCH3 is 1. The molecule has 4 heteroatoms. The molecule has 0 radical (unpaired) electrons. The molecule has 1 N–H and O–H groups in total. The van der Waals surface area contributed by atoms with Crippen molar-refractivity contribution in [3.05, 3.63) is 35.4 Å². The van der Waals surface area contributed by atoms with Crippen LogP contribution in [0.1, 0.15) is 5.56 Å². The zero-order valence-corrected chi connectivity index (χ0v) is 9.08. The third-order valence-electron chi connectivity index (χ3n) is 1.85. The minimum Gasteiger partial charge on any atom is -0.495 e. The molecule has 0 aromatic heterocycles. The zero-order valence-electron chi connectivity index (χ0n) is 8.33. The van der Waals surface area contributed by atoms with Crippen molar-refractivity contribution < 1.29 is 4.74 Å². The van der Waals surface area contributed by atoms with Crippen LogP contribution in [0.3, 0.4) is 0 Å². The number of para-hydroxylation sites is 1. The second kappa shape index (κ2) is 5.94. The molecule has 1 aromatic rings. The summed E-state index contributed by atoms with van der Waals surface area (Å²) in [6.45, 7) is 0.554. The highest BCUT2D eigenvalue weighted by molar-refractivity contribution is 6.25. The first-order chi connectivity index (χ1) is 7.33. The summed E-state index contributed by atoms with van der Waals surface area (Å²) in [6, 6.07) is 7.41. The van der Waals surface area contributed by atoms with Crippen LogP contribution in [0.2, 0.25) is 0 Å². The molecule has 1 aromatic carbocycles. The van der Waals surface area contributed by atoms with E-state index in [4.69, 9.17) is 21.6 Å². The predicted molar refractivity (Wildman–Crippen MR) is 61.2 cm³/mol. The van der Waals surface area contributed by atoms with Gasteiger partial charge in [-0.1, -0.05) is 23.7 Å². The maximum atomic E-state index is 8.91. The molecule has 0 amide bonds. The number of nitriles is 1. The van der Waals surface area contributed by atoms with Gasteiger partial charge in [0.2, 0.25) is 0 Å². The van der Waals surface area contributed by atoms with Gasteiger partial charge in [-0.05, 0) is 12.1 Å². The van der Waals surface area contributed by atoms with E-state index in [-0.39, 0.29) is 0 Å². The number of rotatable bonds is 4. The predicted octanol–water partition coefficient (Wildman–Crippen LogP) is 2.73. The Morgan fingerprint density at radius 3 is 3.00 bits per heavy atom. The molecule has 0 heterocycles. The second-order valence-electron chi connectivity index (χ2n) is 2.74. The summed E-state index contributed by atoms with van der Waals surface area (Å²) in [6.07, 6.45) is 1.75. The summed E-state index contributed by atoms with van der Waals surface area (Å²) >= 11 is 5.40. The van der Waals surface area contributed by atoms with Crippen molar-refractivity contribution in [3.63, 3.8) is 0 Å². The van der Waals surface area contributed by atoms with E-state index in [0.717, 1.165) is 0 Å². The maximum Gasteiger partial charge on any atom is 0.143 e. The molecule has 0 aliphatic heterocycles. The molecule has 15 heavy (non-hydrogen) atoms. The molecule has 0 unspecified atom stereocenters. The summed E-state index contributed by atoms with van der Waals surface area (Å²) in [5, 5.41) is 12.0. The van der Waals surface area contributed by atoms with Crippen molar-refractivity contribution in [1.29, 1.82) is 5.26 Å². The molecule has 0 aliphatic carbocycles. The summed E-state index contributed by atoms with van der Waals surface area (Å²) in [5.41, 5.74) is 2.67. The monoisotopic (exact) mass is 222 g/mol. The number of halogens is 1. The van der Waals surface area contributed by atoms with Crippen LogP contribution in [0.25, 0.3) is 0 Å². The molecule has 0 aliphatic rings. The number of benzene rings is 1. The first-order valence-electron chi connectivity index (χ1n) is 4.39. The van der Waals surface area contributed by atoms with E-state index < -0.39 is 0 Å². The van der Waals surface area contributed by atoms with Crippen LogP contribution in [-0.4, -0.2) is 13.7 Å². The minimum absolute atomic E-state index is 0.553. The summed E-state index contributed by atoms with van der Waals surface area (Å²) < 4.78 is 5.15. The van der Waals surface area contributed by atoms with Crippen molar-refractivity contribution in [3.8, 4) is 11.8 Å². The van der Waals surface area contributed by atoms with Gasteiger partial charge in [0.05, 0.1) is 18.4 Å². The molecule has 0 atom stereocenters. The summed E-state index contributed by atoms with van der Waals surface area (Å²) in [5.74, 6) is 0.650. The van der Waals surface area contributed by atoms with Crippen molar-refractivity contribution in [2.75, 3.05) is 19.0 Å². The standard InChI is InChI=1S/C11H11ClN2O/c1-15-10-5-2-4-9(8-13)11(10)14-7-3-6-12/h2-6,14H,7H2,1H3/b6-3+. The Hall–Kier alpha value is -1.66. The van der Waals surface area contributed by atoms with Crippen LogP contribution < -0.4 is 10.1 Å². The third-order valence-corrected chi connectivity index (χ3v) is 2.03. The lowest BCUT2D eigenvalue weighted by Crippen LogP contribution is -2.02. The molecule has 3 nitrogen and oxygen atoms in total. The fraction of sp³-hybridized carbons (Fsp3) is 0.182. The van der Waals surface area contributed by atoms with Crippen LogP contribution in [-0.2, 0) is 0 Å². The number of nitrogens with zero attached hydrogens (tertiary/aromatic N) is 1. The van der Waals surface area contributed by atoms with Crippen LogP contribution in [0.15, 0.2) is 29.8 Å². The fourth-order valence-electron chi connectivity index (χ4n) is 1.18. The van der Waals surface area contributed by atoms with E-state index in [2.05, 4.69) is 11.4 Å². The molecule has 0 spiro atoms. The lowest BCUT2D eigenvalue weighted by atomic mass is 10.2. The van der Waals surface area contributed by atoms with Gasteiger partial charge in [-0.15, -0.1) is 0 Å². The minimum atomic E-state index is 0.553. The van der Waals surface area contributed by atoms with Gasteiger partial charge in [-0.2, -0.15) is 5.26 Å². The van der Waals surface area contributed by atoms with Gasteiger partial charge in [0, 0.05) is 12.1 Å². The van der Waals surface area contributed by atoms with Crippen molar-refractivity contribution >= 4 is 17.3 Å². The summed E-state index contributed by atoms with van der Waals surface area (Å²) in [4.78, 5) is 0. The normalized spacial score (nSPS) is 9.93. The molecule has 78 valence electrons. The van der Waals surface area contributed by atoms with Crippen molar-refractivity contribution in [1.82, 2.24) is 0 Å². The van der Waals surface area contributed by atoms with Crippen molar-refractivity contribution in [2.45, 2.75) is 0 Å². The van der Waals surface area contributed by atoms with Gasteiger partial charge in [0.25, 0.3) is 0 Å². The lowest BCUT2D eigenvalue weighted by Gasteiger charge is -2.10. The van der Waals surface area contributed by atoms with E-state index in [1.807, 2.05) is 0 Å². The Kier molecular flexibility index (Phi) is 4.52. The smallest absolute Gasteiger partial charge is 0.143 e. The van der Waals surface area contributed by atoms with Crippen LogP contribution in [0, 0.1) is 11.3 Å². The number of hydrogen-bond donors (Lipinski definition) is 1. The molecule has 0 saturated carbocycles. The van der Waals surface area contributed by atoms with Crippen LogP contribution >= 0.6 is 11.6 Å². The Bertz CT molecular complexity index is 396. The third kappa shape index (κ3) is 2.90. The molecule has 0 bridgehead atoms. The number of hydrogen-bond acceptors (Lipinski definition) is 3. The maximum absolute atomic E-state index is 8.91. The zero-order chi connectivity index (χ0) is 11.1.